The third-order valence-corrected chi connectivity index (χ3v) is 2.67. The number of hydrogen-bond donors (Lipinski definition) is 1. The number of benzene rings is 1. The molecule has 6 nitrogen and oxygen atoms in total. The number of fused-ring (bicyclic) bond motifs is 1. The van der Waals surface area contributed by atoms with Gasteiger partial charge in [-0.25, -0.2) is 0 Å². The molecule has 6 heteroatoms. The number of carbonyl (C=O) groups is 1. The topological polar surface area (TPSA) is 82.1 Å². The SMILES string of the molecule is CCCCNC(=O)/C=C/c1ccc2c(c1)no[n+]2[O-]. The molecule has 0 bridgehead atoms. The van der Waals surface area contributed by atoms with Crippen LogP contribution in [0.15, 0.2) is 28.9 Å². The molecule has 0 radical (unpaired) electrons. The van der Waals surface area contributed by atoms with E-state index in [1.54, 1.807) is 24.3 Å². The van der Waals surface area contributed by atoms with Crippen LogP contribution in [0.4, 0.5) is 0 Å². The molecule has 1 N–H and O–H groups in total. The quantitative estimate of drug-likeness (QED) is 0.501. The Morgan fingerprint density at radius 2 is 2.42 bits per heavy atom. The number of nitrogens with one attached hydrogen (secondary N) is 1. The third-order valence-electron chi connectivity index (χ3n) is 2.67. The Morgan fingerprint density at radius 3 is 3.21 bits per heavy atom. The normalized spacial score (nSPS) is 11.2. The Hall–Kier alpha value is -2.37. The van der Waals surface area contributed by atoms with Crippen LogP contribution in [0.3, 0.4) is 0 Å². The van der Waals surface area contributed by atoms with Gasteiger partial charge in [0, 0.05) is 23.8 Å². The van der Waals surface area contributed by atoms with Gasteiger partial charge in [-0.2, -0.15) is 0 Å². The van der Waals surface area contributed by atoms with Gasteiger partial charge in [-0.15, -0.1) is 0 Å². The number of rotatable bonds is 5. The lowest BCUT2D eigenvalue weighted by molar-refractivity contribution is -0.782. The van der Waals surface area contributed by atoms with Gasteiger partial charge in [-0.3, -0.25) is 9.42 Å². The largest absolute Gasteiger partial charge is 0.359 e. The molecule has 19 heavy (non-hydrogen) atoms. The first kappa shape index (κ1) is 13.1. The highest BCUT2D eigenvalue weighted by atomic mass is 16.8. The summed E-state index contributed by atoms with van der Waals surface area (Å²) in [5, 5.41) is 17.5. The molecule has 0 atom stereocenters. The minimum Gasteiger partial charge on any atom is -0.359 e. The zero-order valence-corrected chi connectivity index (χ0v) is 10.6. The fraction of sp³-hybridized carbons (Fsp3) is 0.308. The number of hydrogen-bond acceptors (Lipinski definition) is 4. The fourth-order valence-corrected chi connectivity index (χ4v) is 1.62. The van der Waals surface area contributed by atoms with E-state index in [1.807, 2.05) is 0 Å². The van der Waals surface area contributed by atoms with Crippen LogP contribution in [0.1, 0.15) is 25.3 Å². The summed E-state index contributed by atoms with van der Waals surface area (Å²) >= 11 is 0. The molecule has 2 aromatic rings. The Balaban J connectivity index is 2.02. The van der Waals surface area contributed by atoms with Crippen LogP contribution in [0, 0.1) is 5.21 Å². The second-order valence-corrected chi connectivity index (χ2v) is 4.16. The van der Waals surface area contributed by atoms with Crippen molar-refractivity contribution in [2.75, 3.05) is 6.54 Å². The van der Waals surface area contributed by atoms with E-state index in [-0.39, 0.29) is 5.91 Å². The molecule has 0 aliphatic heterocycles. The Labute approximate surface area is 110 Å². The van der Waals surface area contributed by atoms with Crippen LogP contribution < -0.4 is 10.2 Å². The average molecular weight is 261 g/mol. The Kier molecular flexibility index (Phi) is 4.12. The summed E-state index contributed by atoms with van der Waals surface area (Å²) in [5.74, 6) is -0.132. The molecule has 0 aliphatic carbocycles. The number of carbonyl (C=O) groups excluding carboxylic acids is 1. The van der Waals surface area contributed by atoms with Gasteiger partial charge < -0.3 is 10.5 Å². The van der Waals surface area contributed by atoms with Gasteiger partial charge in [0.1, 0.15) is 0 Å². The van der Waals surface area contributed by atoms with Gasteiger partial charge in [-0.05, 0) is 29.0 Å². The van der Waals surface area contributed by atoms with Crippen LogP contribution in [0.25, 0.3) is 17.1 Å². The molecule has 1 aromatic heterocycles. The first-order chi connectivity index (χ1) is 9.20. The summed E-state index contributed by atoms with van der Waals surface area (Å²) in [6, 6.07) is 5.01. The smallest absolute Gasteiger partial charge is 0.249 e. The van der Waals surface area contributed by atoms with E-state index in [1.165, 1.54) is 6.08 Å². The van der Waals surface area contributed by atoms with Crippen LogP contribution in [0.2, 0.25) is 0 Å². The van der Waals surface area contributed by atoms with Crippen molar-refractivity contribution < 1.29 is 14.3 Å². The maximum absolute atomic E-state index is 11.5. The first-order valence-corrected chi connectivity index (χ1v) is 6.16. The van der Waals surface area contributed by atoms with E-state index in [0.717, 1.165) is 18.4 Å². The minimum atomic E-state index is -0.132. The Bertz CT molecular complexity index is 604. The molecule has 0 saturated heterocycles. The molecule has 100 valence electrons. The van der Waals surface area contributed by atoms with E-state index in [2.05, 4.69) is 22.0 Å². The summed E-state index contributed by atoms with van der Waals surface area (Å²) in [6.45, 7) is 2.75. The fourth-order valence-electron chi connectivity index (χ4n) is 1.62. The zero-order chi connectivity index (χ0) is 13.7. The molecule has 1 heterocycles. The number of aromatic nitrogens is 2. The molecule has 1 amide bonds. The van der Waals surface area contributed by atoms with Gasteiger partial charge >= 0.3 is 0 Å². The van der Waals surface area contributed by atoms with E-state index >= 15 is 0 Å². The van der Waals surface area contributed by atoms with E-state index < -0.39 is 0 Å². The molecule has 1 aromatic carbocycles. The molecular weight excluding hydrogens is 246 g/mol. The highest BCUT2D eigenvalue weighted by molar-refractivity contribution is 5.92. The van der Waals surface area contributed by atoms with Crippen molar-refractivity contribution in [3.8, 4) is 0 Å². The van der Waals surface area contributed by atoms with Crippen molar-refractivity contribution in [1.82, 2.24) is 10.5 Å². The molecule has 0 fully saturated rings. The lowest BCUT2D eigenvalue weighted by atomic mass is 10.2. The number of nitrogens with zero attached hydrogens (tertiary/aromatic N) is 2. The van der Waals surface area contributed by atoms with Gasteiger partial charge in [0.15, 0.2) is 0 Å². The van der Waals surface area contributed by atoms with Crippen LogP contribution in [-0.2, 0) is 4.79 Å². The lowest BCUT2D eigenvalue weighted by Crippen LogP contribution is -2.22. The van der Waals surface area contributed by atoms with Crippen molar-refractivity contribution in [2.24, 2.45) is 0 Å². The van der Waals surface area contributed by atoms with E-state index in [0.29, 0.717) is 22.5 Å². The molecule has 0 spiro atoms. The third kappa shape index (κ3) is 3.31. The monoisotopic (exact) mass is 261 g/mol. The summed E-state index contributed by atoms with van der Waals surface area (Å²) in [5.41, 5.74) is 1.61. The summed E-state index contributed by atoms with van der Waals surface area (Å²) in [7, 11) is 0. The van der Waals surface area contributed by atoms with Gasteiger partial charge in [0.25, 0.3) is 0 Å². The van der Waals surface area contributed by atoms with Crippen molar-refractivity contribution in [1.29, 1.82) is 0 Å². The summed E-state index contributed by atoms with van der Waals surface area (Å²) in [4.78, 5) is 11.8. The summed E-state index contributed by atoms with van der Waals surface area (Å²) in [6.07, 6.45) is 5.14. The van der Waals surface area contributed by atoms with Gasteiger partial charge in [-0.1, -0.05) is 19.4 Å². The molecular formula is C13H15N3O3. The van der Waals surface area contributed by atoms with Gasteiger partial charge in [0.05, 0.1) is 0 Å². The molecule has 0 unspecified atom stereocenters. The average Bonchev–Trinajstić information content (AvgIpc) is 2.78. The standard InChI is InChI=1S/C13H15N3O3/c1-2-3-8-14-13(17)7-5-10-4-6-12-11(9-10)15-19-16(12)18/h4-7,9H,2-3,8H2,1H3,(H,14,17)/b7-5+. The lowest BCUT2D eigenvalue weighted by Gasteiger charge is -1.99. The minimum absolute atomic E-state index is 0.132. The van der Waals surface area contributed by atoms with E-state index in [4.69, 9.17) is 0 Å². The van der Waals surface area contributed by atoms with Crippen molar-refractivity contribution in [2.45, 2.75) is 19.8 Å². The van der Waals surface area contributed by atoms with Crippen LogP contribution in [0.5, 0.6) is 0 Å². The number of unbranched alkanes of at least 4 members (excludes halogenated alkanes) is 1. The summed E-state index contributed by atoms with van der Waals surface area (Å²) < 4.78 is 4.47. The highest BCUT2D eigenvalue weighted by Crippen LogP contribution is 2.11. The number of amides is 1. The van der Waals surface area contributed by atoms with Crippen LogP contribution >= 0.6 is 0 Å². The highest BCUT2D eigenvalue weighted by Gasteiger charge is 2.08. The van der Waals surface area contributed by atoms with Gasteiger partial charge in [0.2, 0.25) is 16.9 Å². The molecule has 0 saturated carbocycles. The maximum Gasteiger partial charge on any atom is 0.249 e. The molecule has 0 aliphatic rings. The van der Waals surface area contributed by atoms with Crippen molar-refractivity contribution >= 4 is 23.0 Å². The van der Waals surface area contributed by atoms with Crippen molar-refractivity contribution in [3.63, 3.8) is 0 Å². The Morgan fingerprint density at radius 1 is 1.58 bits per heavy atom. The second-order valence-electron chi connectivity index (χ2n) is 4.16. The first-order valence-electron chi connectivity index (χ1n) is 6.16. The zero-order valence-electron chi connectivity index (χ0n) is 10.6. The second kappa shape index (κ2) is 5.99. The predicted octanol–water partition coefficient (Wildman–Crippen LogP) is 1.39. The maximum atomic E-state index is 11.5. The van der Waals surface area contributed by atoms with E-state index in [9.17, 15) is 10.0 Å². The van der Waals surface area contributed by atoms with Crippen molar-refractivity contribution in [3.05, 3.63) is 35.0 Å². The molecule has 2 rings (SSSR count). The predicted molar refractivity (Wildman–Crippen MR) is 69.9 cm³/mol. The van der Waals surface area contributed by atoms with Crippen LogP contribution in [-0.4, -0.2) is 17.6 Å².